The summed E-state index contributed by atoms with van der Waals surface area (Å²) in [5.41, 5.74) is 2.49. The molecular formula is C21H24N4O3S. The maximum atomic E-state index is 12.7. The van der Waals surface area contributed by atoms with Gasteiger partial charge < -0.3 is 10.1 Å². The molecule has 29 heavy (non-hydrogen) atoms. The molecule has 0 saturated heterocycles. The van der Waals surface area contributed by atoms with Gasteiger partial charge in [-0.1, -0.05) is 48.2 Å². The van der Waals surface area contributed by atoms with E-state index < -0.39 is 5.25 Å². The molecule has 0 unspecified atom stereocenters. The number of nitrogens with one attached hydrogen (secondary N) is 2. The molecule has 2 N–H and O–H groups in total. The summed E-state index contributed by atoms with van der Waals surface area (Å²) in [6.45, 7) is 4.22. The standard InChI is InChI=1S/C21H24N4O3S/c1-14-9-10-18(28-3)17(13-14)22-19(26)15(2)29-21-24-23-20(27)25(21)12-11-16-7-5-4-6-8-16/h4-10,13,15H,11-12H2,1-3H3,(H,22,26)(H,23,27)/t15-/m0/s1. The largest absolute Gasteiger partial charge is 0.495 e. The average molecular weight is 413 g/mol. The van der Waals surface area contributed by atoms with Crippen molar-refractivity contribution in [1.29, 1.82) is 0 Å². The van der Waals surface area contributed by atoms with E-state index in [4.69, 9.17) is 4.74 Å². The summed E-state index contributed by atoms with van der Waals surface area (Å²) in [6, 6.07) is 15.5. The lowest BCUT2D eigenvalue weighted by atomic mass is 10.1. The molecule has 0 bridgehead atoms. The molecule has 0 fully saturated rings. The lowest BCUT2D eigenvalue weighted by Gasteiger charge is -2.14. The number of anilines is 1. The summed E-state index contributed by atoms with van der Waals surface area (Å²) >= 11 is 1.24. The molecule has 1 amide bonds. The molecular weight excluding hydrogens is 388 g/mol. The van der Waals surface area contributed by atoms with Crippen LogP contribution in [0.1, 0.15) is 18.1 Å². The van der Waals surface area contributed by atoms with Gasteiger partial charge in [0.2, 0.25) is 5.91 Å². The fourth-order valence-electron chi connectivity index (χ4n) is 2.84. The summed E-state index contributed by atoms with van der Waals surface area (Å²) in [7, 11) is 1.56. The maximum absolute atomic E-state index is 12.7. The number of carbonyl (C=O) groups is 1. The normalized spacial score (nSPS) is 11.8. The van der Waals surface area contributed by atoms with Crippen molar-refractivity contribution in [2.75, 3.05) is 12.4 Å². The first-order valence-electron chi connectivity index (χ1n) is 9.29. The van der Waals surface area contributed by atoms with E-state index in [1.165, 1.54) is 11.8 Å². The van der Waals surface area contributed by atoms with E-state index in [2.05, 4.69) is 15.5 Å². The highest BCUT2D eigenvalue weighted by atomic mass is 32.2. The van der Waals surface area contributed by atoms with E-state index in [0.29, 0.717) is 29.6 Å². The molecule has 0 radical (unpaired) electrons. The lowest BCUT2D eigenvalue weighted by molar-refractivity contribution is -0.115. The number of nitrogens with zero attached hydrogens (tertiary/aromatic N) is 2. The average Bonchev–Trinajstić information content (AvgIpc) is 3.06. The van der Waals surface area contributed by atoms with Crippen molar-refractivity contribution in [3.05, 3.63) is 70.1 Å². The number of carbonyl (C=O) groups excluding carboxylic acids is 1. The Labute approximate surface area is 173 Å². The Hall–Kier alpha value is -3.00. The van der Waals surface area contributed by atoms with Gasteiger partial charge in [0, 0.05) is 6.54 Å². The van der Waals surface area contributed by atoms with Crippen LogP contribution in [0.4, 0.5) is 5.69 Å². The number of thioether (sulfide) groups is 1. The number of benzene rings is 2. The number of ether oxygens (including phenoxy) is 1. The number of rotatable bonds is 8. The molecule has 3 aromatic rings. The van der Waals surface area contributed by atoms with Gasteiger partial charge in [0.25, 0.3) is 0 Å². The van der Waals surface area contributed by atoms with Crippen molar-refractivity contribution in [2.45, 2.75) is 37.2 Å². The molecule has 7 nitrogen and oxygen atoms in total. The number of hydrogen-bond acceptors (Lipinski definition) is 5. The minimum atomic E-state index is -0.453. The topological polar surface area (TPSA) is 89.0 Å². The van der Waals surface area contributed by atoms with Crippen LogP contribution in [0.15, 0.2) is 58.5 Å². The highest BCUT2D eigenvalue weighted by Gasteiger charge is 2.20. The van der Waals surface area contributed by atoms with Crippen LogP contribution < -0.4 is 15.7 Å². The SMILES string of the molecule is COc1ccc(C)cc1NC(=O)[C@H](C)Sc1n[nH]c(=O)n1CCc1ccccc1. The van der Waals surface area contributed by atoms with Gasteiger partial charge in [-0.05, 0) is 43.5 Å². The van der Waals surface area contributed by atoms with Crippen molar-refractivity contribution in [3.63, 3.8) is 0 Å². The number of H-pyrrole nitrogens is 1. The summed E-state index contributed by atoms with van der Waals surface area (Å²) in [4.78, 5) is 24.8. The fourth-order valence-corrected chi connectivity index (χ4v) is 3.72. The Morgan fingerprint density at radius 1 is 1.28 bits per heavy atom. The van der Waals surface area contributed by atoms with E-state index >= 15 is 0 Å². The van der Waals surface area contributed by atoms with Gasteiger partial charge in [-0.15, -0.1) is 5.10 Å². The molecule has 1 heterocycles. The minimum Gasteiger partial charge on any atom is -0.495 e. The third kappa shape index (κ3) is 5.29. The Morgan fingerprint density at radius 2 is 2.03 bits per heavy atom. The Bertz CT molecular complexity index is 1030. The van der Waals surface area contributed by atoms with Crippen LogP contribution in [0.2, 0.25) is 0 Å². The van der Waals surface area contributed by atoms with Gasteiger partial charge >= 0.3 is 5.69 Å². The zero-order valence-electron chi connectivity index (χ0n) is 16.6. The van der Waals surface area contributed by atoms with Gasteiger partial charge in [0.1, 0.15) is 5.75 Å². The number of methoxy groups -OCH3 is 1. The first kappa shape index (κ1) is 20.7. The number of amides is 1. The monoisotopic (exact) mass is 412 g/mol. The molecule has 0 saturated carbocycles. The van der Waals surface area contributed by atoms with Crippen molar-refractivity contribution >= 4 is 23.4 Å². The first-order chi connectivity index (χ1) is 14.0. The van der Waals surface area contributed by atoms with E-state index in [0.717, 1.165) is 11.1 Å². The first-order valence-corrected chi connectivity index (χ1v) is 10.2. The molecule has 0 aliphatic carbocycles. The van der Waals surface area contributed by atoms with Gasteiger partial charge in [-0.3, -0.25) is 9.36 Å². The zero-order valence-corrected chi connectivity index (χ0v) is 17.5. The maximum Gasteiger partial charge on any atom is 0.343 e. The van der Waals surface area contributed by atoms with Crippen molar-refractivity contribution in [1.82, 2.24) is 14.8 Å². The number of aryl methyl sites for hydroxylation is 2. The van der Waals surface area contributed by atoms with Crippen LogP contribution >= 0.6 is 11.8 Å². The molecule has 3 rings (SSSR count). The minimum absolute atomic E-state index is 0.191. The predicted octanol–water partition coefficient (Wildman–Crippen LogP) is 3.25. The van der Waals surface area contributed by atoms with Gasteiger partial charge in [0.15, 0.2) is 5.16 Å². The van der Waals surface area contributed by atoms with Gasteiger partial charge in [0.05, 0.1) is 18.0 Å². The van der Waals surface area contributed by atoms with Crippen molar-refractivity contribution < 1.29 is 9.53 Å². The van der Waals surface area contributed by atoms with Crippen LogP contribution in [0, 0.1) is 6.92 Å². The summed E-state index contributed by atoms with van der Waals surface area (Å²) in [5.74, 6) is 0.407. The third-order valence-electron chi connectivity index (χ3n) is 4.45. The Balaban J connectivity index is 1.67. The zero-order chi connectivity index (χ0) is 20.8. The summed E-state index contributed by atoms with van der Waals surface area (Å²) in [5, 5.41) is 9.50. The molecule has 152 valence electrons. The highest BCUT2D eigenvalue weighted by molar-refractivity contribution is 8.00. The second-order valence-electron chi connectivity index (χ2n) is 6.65. The summed E-state index contributed by atoms with van der Waals surface area (Å²) < 4.78 is 6.88. The summed E-state index contributed by atoms with van der Waals surface area (Å²) in [6.07, 6.45) is 0.703. The van der Waals surface area contributed by atoms with Crippen molar-refractivity contribution in [2.24, 2.45) is 0 Å². The third-order valence-corrected chi connectivity index (χ3v) is 5.54. The second-order valence-corrected chi connectivity index (χ2v) is 7.96. The van der Waals surface area contributed by atoms with Crippen LogP contribution in [0.3, 0.4) is 0 Å². The fraction of sp³-hybridized carbons (Fsp3) is 0.286. The quantitative estimate of drug-likeness (QED) is 0.555. The lowest BCUT2D eigenvalue weighted by Crippen LogP contribution is -2.24. The molecule has 1 atom stereocenters. The van der Waals surface area contributed by atoms with Gasteiger partial charge in [-0.25, -0.2) is 9.89 Å². The van der Waals surface area contributed by atoms with Crippen LogP contribution in [0.25, 0.3) is 0 Å². The van der Waals surface area contributed by atoms with Crippen LogP contribution in [-0.2, 0) is 17.8 Å². The van der Waals surface area contributed by atoms with E-state index in [9.17, 15) is 9.59 Å². The number of hydrogen-bond donors (Lipinski definition) is 2. The molecule has 2 aromatic carbocycles. The molecule has 8 heteroatoms. The van der Waals surface area contributed by atoms with Crippen molar-refractivity contribution in [3.8, 4) is 5.75 Å². The second kappa shape index (κ2) is 9.47. The van der Waals surface area contributed by atoms with E-state index in [1.54, 1.807) is 18.6 Å². The number of aromatic nitrogens is 3. The Kier molecular flexibility index (Phi) is 6.77. The molecule has 1 aromatic heterocycles. The smallest absolute Gasteiger partial charge is 0.343 e. The van der Waals surface area contributed by atoms with E-state index in [-0.39, 0.29) is 11.6 Å². The van der Waals surface area contributed by atoms with E-state index in [1.807, 2.05) is 55.5 Å². The molecule has 0 spiro atoms. The molecule has 0 aliphatic rings. The highest BCUT2D eigenvalue weighted by Crippen LogP contribution is 2.27. The number of aromatic amines is 1. The van der Waals surface area contributed by atoms with Gasteiger partial charge in [-0.2, -0.15) is 0 Å². The van der Waals surface area contributed by atoms with Crippen LogP contribution in [0.5, 0.6) is 5.75 Å². The predicted molar refractivity (Wildman–Crippen MR) is 115 cm³/mol. The van der Waals surface area contributed by atoms with Crippen LogP contribution in [-0.4, -0.2) is 33.0 Å². The Morgan fingerprint density at radius 3 is 2.76 bits per heavy atom. The molecule has 0 aliphatic heterocycles.